The third-order valence-electron chi connectivity index (χ3n) is 8.63. The Morgan fingerprint density at radius 1 is 1.09 bits per heavy atom. The molecule has 1 saturated heterocycles. The van der Waals surface area contributed by atoms with Crippen molar-refractivity contribution in [1.29, 1.82) is 0 Å². The van der Waals surface area contributed by atoms with Gasteiger partial charge in [0.25, 0.3) is 5.69 Å². The second-order valence-corrected chi connectivity index (χ2v) is 12.9. The summed E-state index contributed by atoms with van der Waals surface area (Å²) in [6, 6.07) is 3.60. The molecular weight excluding hydrogens is 456 g/mol. The van der Waals surface area contributed by atoms with Gasteiger partial charge in [-0.1, -0.05) is 6.07 Å². The van der Waals surface area contributed by atoms with Crippen LogP contribution in [0.5, 0.6) is 0 Å². The molecule has 0 radical (unpaired) electrons. The number of piperazine rings is 1. The molecule has 10 heteroatoms. The number of nitro benzene ring substituents is 1. The summed E-state index contributed by atoms with van der Waals surface area (Å²) < 4.78 is 27.8. The van der Waals surface area contributed by atoms with Crippen molar-refractivity contribution in [2.75, 3.05) is 26.2 Å². The SMILES string of the molecule is Cc1ccc([N+](=O)[O-])cc1S(=O)(=O)N1CCN(C(C)C(=O)NC23CC4CC(CC(C4)C2)C3)CC1. The number of nitrogens with zero attached hydrogens (tertiary/aromatic N) is 3. The first-order valence-electron chi connectivity index (χ1n) is 12.4. The molecule has 34 heavy (non-hydrogen) atoms. The molecule has 186 valence electrons. The Balaban J connectivity index is 1.22. The molecule has 4 saturated carbocycles. The molecule has 1 aromatic carbocycles. The normalized spacial score (nSPS) is 32.5. The lowest BCUT2D eigenvalue weighted by Gasteiger charge is -2.57. The number of sulfonamides is 1. The first-order chi connectivity index (χ1) is 16.1. The molecule has 9 nitrogen and oxygen atoms in total. The topological polar surface area (TPSA) is 113 Å². The van der Waals surface area contributed by atoms with Crippen LogP contribution in [0.3, 0.4) is 0 Å². The molecule has 1 N–H and O–H groups in total. The van der Waals surface area contributed by atoms with Gasteiger partial charge in [-0.25, -0.2) is 8.42 Å². The van der Waals surface area contributed by atoms with Crippen molar-refractivity contribution < 1.29 is 18.1 Å². The smallest absolute Gasteiger partial charge is 0.270 e. The van der Waals surface area contributed by atoms with Crippen molar-refractivity contribution in [3.63, 3.8) is 0 Å². The maximum atomic E-state index is 13.2. The third-order valence-corrected chi connectivity index (χ3v) is 10.7. The minimum atomic E-state index is -3.85. The van der Waals surface area contributed by atoms with Gasteiger partial charge in [0, 0.05) is 43.9 Å². The number of hydrogen-bond donors (Lipinski definition) is 1. The zero-order chi connectivity index (χ0) is 24.3. The number of aryl methyl sites for hydroxylation is 1. The Morgan fingerprint density at radius 2 is 1.65 bits per heavy atom. The van der Waals surface area contributed by atoms with Crippen molar-refractivity contribution >= 4 is 21.6 Å². The minimum absolute atomic E-state index is 0.0252. The van der Waals surface area contributed by atoms with E-state index in [1.807, 2.05) is 11.8 Å². The van der Waals surface area contributed by atoms with Gasteiger partial charge in [-0.05, 0) is 75.7 Å². The van der Waals surface area contributed by atoms with E-state index in [2.05, 4.69) is 5.32 Å². The fourth-order valence-corrected chi connectivity index (χ4v) is 8.91. The highest BCUT2D eigenvalue weighted by molar-refractivity contribution is 7.89. The molecule has 1 aliphatic heterocycles. The summed E-state index contributed by atoms with van der Waals surface area (Å²) in [6.45, 7) is 4.94. The molecular formula is C24H34N4O5S. The molecule has 1 unspecified atom stereocenters. The van der Waals surface area contributed by atoms with Gasteiger partial charge in [-0.2, -0.15) is 4.31 Å². The van der Waals surface area contributed by atoms with Gasteiger partial charge in [0.05, 0.1) is 15.9 Å². The van der Waals surface area contributed by atoms with Crippen LogP contribution in [0, 0.1) is 34.8 Å². The minimum Gasteiger partial charge on any atom is -0.349 e. The molecule has 6 rings (SSSR count). The van der Waals surface area contributed by atoms with Gasteiger partial charge in [0.1, 0.15) is 0 Å². The van der Waals surface area contributed by atoms with Crippen molar-refractivity contribution in [3.05, 3.63) is 33.9 Å². The predicted molar refractivity (Wildman–Crippen MR) is 127 cm³/mol. The molecule has 4 bridgehead atoms. The molecule has 1 heterocycles. The molecule has 1 amide bonds. The fraction of sp³-hybridized carbons (Fsp3) is 0.708. The van der Waals surface area contributed by atoms with E-state index < -0.39 is 14.9 Å². The monoisotopic (exact) mass is 490 g/mol. The highest BCUT2D eigenvalue weighted by Gasteiger charge is 2.52. The van der Waals surface area contributed by atoms with Gasteiger partial charge in [-0.15, -0.1) is 0 Å². The number of carbonyl (C=O) groups excluding carboxylic acids is 1. The lowest BCUT2D eigenvalue weighted by Crippen LogP contribution is -2.63. The van der Waals surface area contributed by atoms with Crippen LogP contribution in [0.15, 0.2) is 23.1 Å². The summed E-state index contributed by atoms with van der Waals surface area (Å²) >= 11 is 0. The second-order valence-electron chi connectivity index (χ2n) is 11.0. The third kappa shape index (κ3) is 4.24. The van der Waals surface area contributed by atoms with E-state index in [0.29, 0.717) is 18.7 Å². The van der Waals surface area contributed by atoms with E-state index in [-0.39, 0.29) is 41.2 Å². The maximum Gasteiger partial charge on any atom is 0.270 e. The number of hydrogen-bond acceptors (Lipinski definition) is 6. The summed E-state index contributed by atoms with van der Waals surface area (Å²) in [5, 5.41) is 14.6. The van der Waals surface area contributed by atoms with Crippen molar-refractivity contribution in [2.45, 2.75) is 68.8 Å². The van der Waals surface area contributed by atoms with Crippen molar-refractivity contribution in [2.24, 2.45) is 17.8 Å². The Hall–Kier alpha value is -2.04. The Morgan fingerprint density at radius 3 is 2.18 bits per heavy atom. The van der Waals surface area contributed by atoms with Crippen LogP contribution in [0.25, 0.3) is 0 Å². The number of carbonyl (C=O) groups is 1. The van der Waals surface area contributed by atoms with E-state index in [4.69, 9.17) is 0 Å². The van der Waals surface area contributed by atoms with Crippen LogP contribution in [-0.2, 0) is 14.8 Å². The number of rotatable bonds is 6. The summed E-state index contributed by atoms with van der Waals surface area (Å²) in [4.78, 5) is 25.8. The molecule has 0 spiro atoms. The average molecular weight is 491 g/mol. The summed E-state index contributed by atoms with van der Waals surface area (Å²) in [5.74, 6) is 2.32. The molecule has 5 fully saturated rings. The van der Waals surface area contributed by atoms with Crippen LogP contribution in [0.4, 0.5) is 5.69 Å². The zero-order valence-corrected chi connectivity index (χ0v) is 20.7. The molecule has 1 atom stereocenters. The first-order valence-corrected chi connectivity index (χ1v) is 13.8. The first kappa shape index (κ1) is 23.7. The highest BCUT2D eigenvalue weighted by atomic mass is 32.2. The second kappa shape index (κ2) is 8.57. The van der Waals surface area contributed by atoms with Crippen LogP contribution < -0.4 is 5.32 Å². The molecule has 4 aliphatic carbocycles. The number of amides is 1. The summed E-state index contributed by atoms with van der Waals surface area (Å²) in [7, 11) is -3.85. The van der Waals surface area contributed by atoms with E-state index in [0.717, 1.165) is 43.1 Å². The Kier molecular flexibility index (Phi) is 5.97. The van der Waals surface area contributed by atoms with Crippen molar-refractivity contribution in [3.8, 4) is 0 Å². The number of nitrogens with one attached hydrogen (secondary N) is 1. The van der Waals surface area contributed by atoms with Gasteiger partial charge >= 0.3 is 0 Å². The molecule has 0 aromatic heterocycles. The van der Waals surface area contributed by atoms with E-state index in [1.54, 1.807) is 6.92 Å². The van der Waals surface area contributed by atoms with Gasteiger partial charge < -0.3 is 5.32 Å². The molecule has 1 aromatic rings. The zero-order valence-electron chi connectivity index (χ0n) is 19.9. The fourth-order valence-electron chi connectivity index (χ4n) is 7.25. The lowest BCUT2D eigenvalue weighted by atomic mass is 9.53. The summed E-state index contributed by atoms with van der Waals surface area (Å²) in [6.07, 6.45) is 7.28. The van der Waals surface area contributed by atoms with Gasteiger partial charge in [-0.3, -0.25) is 19.8 Å². The largest absolute Gasteiger partial charge is 0.349 e. The molecule has 5 aliphatic rings. The van der Waals surface area contributed by atoms with Crippen LogP contribution >= 0.6 is 0 Å². The van der Waals surface area contributed by atoms with Gasteiger partial charge in [0.2, 0.25) is 15.9 Å². The standard InChI is InChI=1S/C24H34N4O5S/c1-16-3-4-21(28(30)31)12-22(16)34(32,33)27-7-5-26(6-8-27)17(2)23(29)25-24-13-18-9-19(14-24)11-20(10-18)15-24/h3-4,12,17-20H,5-11,13-15H2,1-2H3,(H,25,29). The van der Waals surface area contributed by atoms with Crippen molar-refractivity contribution in [1.82, 2.24) is 14.5 Å². The Labute approximate surface area is 201 Å². The van der Waals surface area contributed by atoms with Gasteiger partial charge in [0.15, 0.2) is 0 Å². The predicted octanol–water partition coefficient (Wildman–Crippen LogP) is 2.68. The van der Waals surface area contributed by atoms with Crippen LogP contribution in [-0.4, -0.2) is 66.2 Å². The lowest BCUT2D eigenvalue weighted by molar-refractivity contribution is -0.385. The highest BCUT2D eigenvalue weighted by Crippen LogP contribution is 2.55. The summed E-state index contributed by atoms with van der Waals surface area (Å²) in [5.41, 5.74) is 0.208. The van der Waals surface area contributed by atoms with E-state index in [9.17, 15) is 23.3 Å². The van der Waals surface area contributed by atoms with E-state index in [1.165, 1.54) is 35.7 Å². The van der Waals surface area contributed by atoms with Crippen LogP contribution in [0.1, 0.15) is 51.0 Å². The van der Waals surface area contributed by atoms with E-state index >= 15 is 0 Å². The number of benzene rings is 1. The van der Waals surface area contributed by atoms with Crippen LogP contribution in [0.2, 0.25) is 0 Å². The average Bonchev–Trinajstić information content (AvgIpc) is 2.77. The Bertz CT molecular complexity index is 1060. The number of non-ortho nitro benzene ring substituents is 1. The quantitative estimate of drug-likeness (QED) is 0.485. The number of nitro groups is 1. The maximum absolute atomic E-state index is 13.2.